The molecule has 0 aliphatic carbocycles. The fourth-order valence-corrected chi connectivity index (χ4v) is 0. The van der Waals surface area contributed by atoms with Gasteiger partial charge in [0.15, 0.2) is 0 Å². The Balaban J connectivity index is -0.0000000178. The zero-order valence-corrected chi connectivity index (χ0v) is 17.9. The monoisotopic (exact) mass is 312 g/mol. The molecule has 0 spiro atoms. The SMILES string of the molecule is O=P(O)(O)O.[F-].[K+].[K+].[Na+].[O-][Si]([O-])(O)O. The predicted octanol–water partition coefficient (Wildman–Crippen LogP) is -16.8. The number of phosphoric acid groups is 1. The van der Waals surface area contributed by atoms with E-state index in [9.17, 15) is 0 Å². The van der Waals surface area contributed by atoms with E-state index in [2.05, 4.69) is 0 Å². The van der Waals surface area contributed by atoms with Gasteiger partial charge in [-0.1, -0.05) is 0 Å². The largest absolute Gasteiger partial charge is 1.00 e. The quantitative estimate of drug-likeness (QED) is 0.217. The molecule has 0 aliphatic rings. The first-order chi connectivity index (χ1) is 4.00. The van der Waals surface area contributed by atoms with E-state index in [0.29, 0.717) is 0 Å². The Bertz CT molecular complexity index is 120. The van der Waals surface area contributed by atoms with E-state index in [1.165, 1.54) is 0 Å². The van der Waals surface area contributed by atoms with Crippen LogP contribution in [0.15, 0.2) is 0 Å². The molecule has 5 N–H and O–H groups in total. The van der Waals surface area contributed by atoms with Crippen LogP contribution in [0.4, 0.5) is 0 Å². The Kier molecular flexibility index (Phi) is 44.9. The molecule has 0 rings (SSSR count). The molecule has 0 saturated carbocycles. The Labute approximate surface area is 187 Å². The van der Waals surface area contributed by atoms with Gasteiger partial charge >= 0.3 is 140 Å². The third-order valence-electron chi connectivity index (χ3n) is 0. The molecule has 0 saturated heterocycles. The van der Waals surface area contributed by atoms with E-state index < -0.39 is 16.9 Å². The van der Waals surface area contributed by atoms with Crippen molar-refractivity contribution in [3.8, 4) is 0 Å². The Hall–Kier alpha value is 4.37. The summed E-state index contributed by atoms with van der Waals surface area (Å²) in [5.41, 5.74) is 0. The molecule has 0 aromatic heterocycles. The van der Waals surface area contributed by atoms with E-state index in [4.69, 9.17) is 38.4 Å². The van der Waals surface area contributed by atoms with Gasteiger partial charge in [0.2, 0.25) is 0 Å². The molecular weight excluding hydrogens is 307 g/mol. The third-order valence-corrected chi connectivity index (χ3v) is 0. The van der Waals surface area contributed by atoms with Crippen LogP contribution in [0.1, 0.15) is 0 Å². The molecular formula is H5FK2NaO8PSi. The van der Waals surface area contributed by atoms with Crippen molar-refractivity contribution >= 4 is 16.9 Å². The van der Waals surface area contributed by atoms with Gasteiger partial charge in [0.25, 0.3) is 0 Å². The number of rotatable bonds is 0. The van der Waals surface area contributed by atoms with Crippen LogP contribution < -0.4 is 147 Å². The zero-order chi connectivity index (χ0) is 9.00. The van der Waals surface area contributed by atoms with E-state index in [1.807, 2.05) is 0 Å². The topological polar surface area (TPSA) is 164 Å². The van der Waals surface area contributed by atoms with Gasteiger partial charge in [-0.2, -0.15) is 0 Å². The fraction of sp³-hybridized carbons (Fsp3) is 0. The van der Waals surface area contributed by atoms with Gasteiger partial charge in [-0.3, -0.25) is 0 Å². The summed E-state index contributed by atoms with van der Waals surface area (Å²) in [4.78, 5) is 53.4. The second-order valence-corrected chi connectivity index (χ2v) is 3.19. The van der Waals surface area contributed by atoms with Gasteiger partial charge in [0, 0.05) is 0 Å². The molecule has 0 bridgehead atoms. The fourth-order valence-electron chi connectivity index (χ4n) is 0. The molecule has 0 aromatic rings. The van der Waals surface area contributed by atoms with Gasteiger partial charge in [-0.15, -0.1) is 0 Å². The number of hydrogen-bond donors (Lipinski definition) is 5. The summed E-state index contributed by atoms with van der Waals surface area (Å²) < 4.78 is 8.88. The molecule has 0 amide bonds. The van der Waals surface area contributed by atoms with E-state index in [1.54, 1.807) is 0 Å². The summed E-state index contributed by atoms with van der Waals surface area (Å²) in [5, 5.41) is 0. The van der Waals surface area contributed by atoms with Crippen molar-refractivity contribution in [1.82, 2.24) is 0 Å². The van der Waals surface area contributed by atoms with Gasteiger partial charge in [0.1, 0.15) is 9.05 Å². The van der Waals surface area contributed by atoms with Crippen molar-refractivity contribution in [3.05, 3.63) is 0 Å². The number of halogens is 1. The van der Waals surface area contributed by atoms with Crippen LogP contribution in [0.25, 0.3) is 0 Å². The van der Waals surface area contributed by atoms with E-state index in [-0.39, 0.29) is 137 Å². The van der Waals surface area contributed by atoms with Crippen LogP contribution in [-0.2, 0) is 4.57 Å². The molecule has 0 heterocycles. The summed E-state index contributed by atoms with van der Waals surface area (Å²) in [6.45, 7) is 0. The average Bonchev–Trinajstić information content (AvgIpc) is 1.12. The van der Waals surface area contributed by atoms with Crippen molar-refractivity contribution in [1.29, 1.82) is 0 Å². The minimum Gasteiger partial charge on any atom is -1.00 e. The van der Waals surface area contributed by atoms with Gasteiger partial charge in [0.05, 0.1) is 0 Å². The summed E-state index contributed by atoms with van der Waals surface area (Å²) in [7, 11) is -9.75. The molecule has 0 aromatic carbocycles. The smallest absolute Gasteiger partial charge is 1.00 e. The van der Waals surface area contributed by atoms with E-state index in [0.717, 1.165) is 0 Å². The summed E-state index contributed by atoms with van der Waals surface area (Å²) in [6.07, 6.45) is 0. The molecule has 0 unspecified atom stereocenters. The Morgan fingerprint density at radius 3 is 1.00 bits per heavy atom. The molecule has 14 heavy (non-hydrogen) atoms. The van der Waals surface area contributed by atoms with Crippen molar-refractivity contribution in [3.63, 3.8) is 0 Å². The van der Waals surface area contributed by atoms with Crippen molar-refractivity contribution in [2.24, 2.45) is 0 Å². The maximum atomic E-state index is 8.88. The van der Waals surface area contributed by atoms with Crippen LogP contribution >= 0.6 is 7.82 Å². The predicted molar refractivity (Wildman–Crippen MR) is 24.5 cm³/mol. The van der Waals surface area contributed by atoms with Crippen LogP contribution in [-0.4, -0.2) is 33.3 Å². The first-order valence-corrected chi connectivity index (χ1v) is 4.91. The van der Waals surface area contributed by atoms with Gasteiger partial charge < -0.3 is 38.6 Å². The summed E-state index contributed by atoms with van der Waals surface area (Å²) in [6, 6.07) is 0. The third kappa shape index (κ3) is 203. The van der Waals surface area contributed by atoms with Gasteiger partial charge in [-0.25, -0.2) is 4.57 Å². The van der Waals surface area contributed by atoms with Crippen molar-refractivity contribution in [2.75, 3.05) is 0 Å². The van der Waals surface area contributed by atoms with Crippen LogP contribution in [0.2, 0.25) is 0 Å². The average molecular weight is 312 g/mol. The molecule has 0 atom stereocenters. The Morgan fingerprint density at radius 2 is 1.00 bits per heavy atom. The molecule has 0 aliphatic heterocycles. The first-order valence-electron chi connectivity index (χ1n) is 1.64. The second-order valence-electron chi connectivity index (χ2n) is 1.06. The second kappa shape index (κ2) is 17.4. The molecule has 0 fully saturated rings. The first kappa shape index (κ1) is 36.2. The van der Waals surface area contributed by atoms with Crippen LogP contribution in [0.5, 0.6) is 0 Å². The number of hydrogen-bond acceptors (Lipinski definition) is 5. The normalized spacial score (nSPS) is 8.50. The Morgan fingerprint density at radius 1 is 1.00 bits per heavy atom. The maximum Gasteiger partial charge on any atom is 1.00 e. The minimum atomic E-state index is -5.11. The van der Waals surface area contributed by atoms with Gasteiger partial charge in [-0.05, 0) is 0 Å². The van der Waals surface area contributed by atoms with E-state index >= 15 is 0 Å². The van der Waals surface area contributed by atoms with Crippen LogP contribution in [0.3, 0.4) is 0 Å². The standard InChI is InChI=1S/FH.2K.Na.H3O4P.H2O4Si/c;;;;2*1-5(2,3)4/h1H;;;;(H3,1,2,3,4);1-2H/q;3*+1;;-2/p-1. The zero-order valence-electron chi connectivity index (χ0n) is 7.79. The minimum absolute atomic E-state index is 0. The molecule has 14 heteroatoms. The van der Waals surface area contributed by atoms with Crippen LogP contribution in [0, 0.1) is 0 Å². The molecule has 72 valence electrons. The summed E-state index contributed by atoms with van der Waals surface area (Å²) >= 11 is 0. The van der Waals surface area contributed by atoms with Crippen molar-refractivity contribution in [2.45, 2.75) is 0 Å². The molecule has 0 radical (unpaired) electrons. The summed E-state index contributed by atoms with van der Waals surface area (Å²) in [5.74, 6) is 0. The van der Waals surface area contributed by atoms with Crippen molar-refractivity contribution < 1.29 is 175 Å². The molecule has 8 nitrogen and oxygen atoms in total. The maximum absolute atomic E-state index is 8.88.